The molecule has 0 aliphatic heterocycles. The van der Waals surface area contributed by atoms with Crippen LogP contribution in [-0.4, -0.2) is 0 Å². The second-order valence-electron chi connectivity index (χ2n) is 3.95. The lowest BCUT2D eigenvalue weighted by molar-refractivity contribution is 0.628. The Hall–Kier alpha value is -1.83. The molecule has 16 heavy (non-hydrogen) atoms. The zero-order chi connectivity index (χ0) is 11.5. The van der Waals surface area contributed by atoms with Crippen LogP contribution >= 0.6 is 0 Å². The summed E-state index contributed by atoms with van der Waals surface area (Å²) in [5, 5.41) is 0. The van der Waals surface area contributed by atoms with Crippen molar-refractivity contribution >= 4 is 5.69 Å². The van der Waals surface area contributed by atoms with Crippen LogP contribution in [0.15, 0.2) is 42.5 Å². The quantitative estimate of drug-likeness (QED) is 0.764. The SMILES string of the molecule is Cc1ccccc1Cc1ccc(F)cc1N. The smallest absolute Gasteiger partial charge is 0.125 e. The number of rotatable bonds is 2. The Bertz CT molecular complexity index is 506. The van der Waals surface area contributed by atoms with Gasteiger partial charge in [0.15, 0.2) is 0 Å². The van der Waals surface area contributed by atoms with Gasteiger partial charge in [0.25, 0.3) is 0 Å². The third-order valence-electron chi connectivity index (χ3n) is 2.75. The molecule has 0 atom stereocenters. The summed E-state index contributed by atoms with van der Waals surface area (Å²) in [6.45, 7) is 2.06. The predicted octanol–water partition coefficient (Wildman–Crippen LogP) is 3.31. The molecule has 0 fully saturated rings. The molecule has 0 spiro atoms. The third kappa shape index (κ3) is 2.22. The molecule has 2 heteroatoms. The van der Waals surface area contributed by atoms with E-state index in [0.29, 0.717) is 5.69 Å². The fourth-order valence-corrected chi connectivity index (χ4v) is 1.74. The van der Waals surface area contributed by atoms with E-state index in [4.69, 9.17) is 5.73 Å². The highest BCUT2D eigenvalue weighted by Gasteiger charge is 2.03. The fourth-order valence-electron chi connectivity index (χ4n) is 1.74. The topological polar surface area (TPSA) is 26.0 Å². The summed E-state index contributed by atoms with van der Waals surface area (Å²) >= 11 is 0. The number of nitrogen functional groups attached to an aromatic ring is 1. The van der Waals surface area contributed by atoms with E-state index in [0.717, 1.165) is 12.0 Å². The lowest BCUT2D eigenvalue weighted by Gasteiger charge is -2.08. The average Bonchev–Trinajstić information content (AvgIpc) is 2.25. The second kappa shape index (κ2) is 4.35. The maximum atomic E-state index is 12.9. The molecule has 0 heterocycles. The van der Waals surface area contributed by atoms with Crippen LogP contribution in [0.4, 0.5) is 10.1 Å². The first kappa shape index (κ1) is 10.7. The summed E-state index contributed by atoms with van der Waals surface area (Å²) in [7, 11) is 0. The summed E-state index contributed by atoms with van der Waals surface area (Å²) in [6, 6.07) is 12.7. The maximum Gasteiger partial charge on any atom is 0.125 e. The van der Waals surface area contributed by atoms with Crippen molar-refractivity contribution in [1.82, 2.24) is 0 Å². The molecule has 0 bridgehead atoms. The van der Waals surface area contributed by atoms with Gasteiger partial charge in [-0.05, 0) is 42.2 Å². The first-order valence-corrected chi connectivity index (χ1v) is 5.25. The summed E-state index contributed by atoms with van der Waals surface area (Å²) < 4.78 is 12.9. The molecule has 82 valence electrons. The molecule has 0 aliphatic rings. The standard InChI is InChI=1S/C14H14FN/c1-10-4-2-3-5-11(10)8-12-6-7-13(15)9-14(12)16/h2-7,9H,8,16H2,1H3. The molecule has 0 amide bonds. The average molecular weight is 215 g/mol. The molecule has 0 saturated carbocycles. The highest BCUT2D eigenvalue weighted by molar-refractivity contribution is 5.49. The van der Waals surface area contributed by atoms with Gasteiger partial charge in [-0.25, -0.2) is 4.39 Å². The van der Waals surface area contributed by atoms with Gasteiger partial charge in [-0.1, -0.05) is 30.3 Å². The second-order valence-corrected chi connectivity index (χ2v) is 3.95. The van der Waals surface area contributed by atoms with E-state index in [1.54, 1.807) is 6.07 Å². The molecule has 1 nitrogen and oxygen atoms in total. The van der Waals surface area contributed by atoms with Crippen LogP contribution in [-0.2, 0) is 6.42 Å². The highest BCUT2D eigenvalue weighted by atomic mass is 19.1. The van der Waals surface area contributed by atoms with Gasteiger partial charge in [0.2, 0.25) is 0 Å². The predicted molar refractivity (Wildman–Crippen MR) is 64.8 cm³/mol. The molecule has 2 aromatic carbocycles. The van der Waals surface area contributed by atoms with E-state index < -0.39 is 0 Å². The van der Waals surface area contributed by atoms with E-state index in [-0.39, 0.29) is 5.82 Å². The lowest BCUT2D eigenvalue weighted by atomic mass is 9.99. The molecule has 0 aromatic heterocycles. The fraction of sp³-hybridized carbons (Fsp3) is 0.143. The van der Waals surface area contributed by atoms with Crippen molar-refractivity contribution in [3.05, 3.63) is 65.0 Å². The van der Waals surface area contributed by atoms with Crippen LogP contribution < -0.4 is 5.73 Å². The van der Waals surface area contributed by atoms with Gasteiger partial charge in [0.05, 0.1) is 0 Å². The molecular formula is C14H14FN. The Labute approximate surface area is 94.7 Å². The minimum absolute atomic E-state index is 0.286. The first-order chi connectivity index (χ1) is 7.66. The lowest BCUT2D eigenvalue weighted by Crippen LogP contribution is -1.97. The molecule has 0 saturated heterocycles. The van der Waals surface area contributed by atoms with Crippen molar-refractivity contribution < 1.29 is 4.39 Å². The molecule has 2 rings (SSSR count). The summed E-state index contributed by atoms with van der Waals surface area (Å²) in [5.41, 5.74) is 9.72. The Balaban J connectivity index is 2.31. The van der Waals surface area contributed by atoms with Crippen molar-refractivity contribution in [3.63, 3.8) is 0 Å². The van der Waals surface area contributed by atoms with Crippen molar-refractivity contribution in [2.45, 2.75) is 13.3 Å². The van der Waals surface area contributed by atoms with Gasteiger partial charge in [0.1, 0.15) is 5.82 Å². The van der Waals surface area contributed by atoms with Crippen LogP contribution in [0, 0.1) is 12.7 Å². The van der Waals surface area contributed by atoms with E-state index >= 15 is 0 Å². The van der Waals surface area contributed by atoms with Gasteiger partial charge in [-0.2, -0.15) is 0 Å². The van der Waals surface area contributed by atoms with Crippen LogP contribution in [0.2, 0.25) is 0 Å². The van der Waals surface area contributed by atoms with E-state index in [9.17, 15) is 4.39 Å². The van der Waals surface area contributed by atoms with Crippen LogP contribution in [0.3, 0.4) is 0 Å². The van der Waals surface area contributed by atoms with E-state index in [2.05, 4.69) is 19.1 Å². The molecular weight excluding hydrogens is 201 g/mol. The van der Waals surface area contributed by atoms with Crippen molar-refractivity contribution in [2.75, 3.05) is 5.73 Å². The van der Waals surface area contributed by atoms with Crippen LogP contribution in [0.1, 0.15) is 16.7 Å². The number of nitrogens with two attached hydrogens (primary N) is 1. The first-order valence-electron chi connectivity index (χ1n) is 5.25. The minimum Gasteiger partial charge on any atom is -0.398 e. The number of hydrogen-bond acceptors (Lipinski definition) is 1. The van der Waals surface area contributed by atoms with Gasteiger partial charge in [-0.3, -0.25) is 0 Å². The zero-order valence-electron chi connectivity index (χ0n) is 9.20. The van der Waals surface area contributed by atoms with Crippen molar-refractivity contribution in [3.8, 4) is 0 Å². The summed E-state index contributed by atoms with van der Waals surface area (Å²) in [6.07, 6.45) is 0.749. The molecule has 2 N–H and O–H groups in total. The van der Waals surface area contributed by atoms with Gasteiger partial charge in [-0.15, -0.1) is 0 Å². The number of hydrogen-bond donors (Lipinski definition) is 1. The number of anilines is 1. The van der Waals surface area contributed by atoms with Gasteiger partial charge in [0, 0.05) is 5.69 Å². The van der Waals surface area contributed by atoms with Crippen LogP contribution in [0.5, 0.6) is 0 Å². The monoisotopic (exact) mass is 215 g/mol. The Kier molecular flexibility index (Phi) is 2.91. The number of aryl methyl sites for hydroxylation is 1. The molecule has 0 radical (unpaired) electrons. The van der Waals surface area contributed by atoms with E-state index in [1.807, 2.05) is 12.1 Å². The highest BCUT2D eigenvalue weighted by Crippen LogP contribution is 2.19. The number of halogens is 1. The van der Waals surface area contributed by atoms with Crippen LogP contribution in [0.25, 0.3) is 0 Å². The van der Waals surface area contributed by atoms with Crippen molar-refractivity contribution in [1.29, 1.82) is 0 Å². The normalized spacial score (nSPS) is 10.4. The molecule has 0 aliphatic carbocycles. The largest absolute Gasteiger partial charge is 0.398 e. The van der Waals surface area contributed by atoms with Gasteiger partial charge < -0.3 is 5.73 Å². The summed E-state index contributed by atoms with van der Waals surface area (Å²) in [4.78, 5) is 0. The minimum atomic E-state index is -0.286. The maximum absolute atomic E-state index is 12.9. The Morgan fingerprint density at radius 3 is 2.50 bits per heavy atom. The Morgan fingerprint density at radius 2 is 1.81 bits per heavy atom. The zero-order valence-corrected chi connectivity index (χ0v) is 9.20. The Morgan fingerprint density at radius 1 is 1.06 bits per heavy atom. The molecule has 0 unspecified atom stereocenters. The third-order valence-corrected chi connectivity index (χ3v) is 2.75. The van der Waals surface area contributed by atoms with Crippen molar-refractivity contribution in [2.24, 2.45) is 0 Å². The van der Waals surface area contributed by atoms with E-state index in [1.165, 1.54) is 23.3 Å². The number of benzene rings is 2. The summed E-state index contributed by atoms with van der Waals surface area (Å²) in [5.74, 6) is -0.286. The molecule has 2 aromatic rings. The van der Waals surface area contributed by atoms with Gasteiger partial charge >= 0.3 is 0 Å².